The normalized spacial score (nSPS) is 15.1. The van der Waals surface area contributed by atoms with Gasteiger partial charge >= 0.3 is 0 Å². The topological polar surface area (TPSA) is 104 Å². The van der Waals surface area contributed by atoms with E-state index < -0.39 is 11.6 Å². The maximum Gasteiger partial charge on any atom is 0.220 e. The molecule has 1 atom stereocenters. The Hall–Kier alpha value is -4.58. The Morgan fingerprint density at radius 2 is 1.72 bits per heavy atom. The van der Waals surface area contributed by atoms with Gasteiger partial charge in [-0.2, -0.15) is 5.10 Å². The van der Waals surface area contributed by atoms with Crippen molar-refractivity contribution in [1.29, 1.82) is 0 Å². The average molecular weight is 588 g/mol. The van der Waals surface area contributed by atoms with Crippen molar-refractivity contribution in [2.75, 3.05) is 25.4 Å². The maximum absolute atomic E-state index is 14.7. The van der Waals surface area contributed by atoms with Crippen LogP contribution in [0.2, 0.25) is 0 Å². The molecular formula is C31H32F3N9. The Morgan fingerprint density at radius 1 is 0.930 bits per heavy atom. The summed E-state index contributed by atoms with van der Waals surface area (Å²) in [5, 5.41) is 4.18. The van der Waals surface area contributed by atoms with Crippen LogP contribution >= 0.6 is 0 Å². The van der Waals surface area contributed by atoms with E-state index in [0.717, 1.165) is 62.6 Å². The molecule has 6 rings (SSSR count). The first-order chi connectivity index (χ1) is 20.9. The first-order valence-electron chi connectivity index (χ1n) is 14.4. The molecule has 12 heteroatoms. The number of rotatable bonds is 10. The van der Waals surface area contributed by atoms with E-state index in [1.54, 1.807) is 29.3 Å². The minimum atomic E-state index is -0.586. The van der Waals surface area contributed by atoms with Crippen LogP contribution in [0.25, 0.3) is 22.6 Å². The molecule has 0 amide bonds. The predicted molar refractivity (Wildman–Crippen MR) is 156 cm³/mol. The monoisotopic (exact) mass is 587 g/mol. The summed E-state index contributed by atoms with van der Waals surface area (Å²) in [6, 6.07) is 12.1. The van der Waals surface area contributed by atoms with Crippen LogP contribution in [-0.4, -0.2) is 58.8 Å². The van der Waals surface area contributed by atoms with Crippen LogP contribution in [-0.2, 0) is 6.54 Å². The molecule has 2 aromatic carbocycles. The van der Waals surface area contributed by atoms with E-state index in [4.69, 9.17) is 10.7 Å². The Morgan fingerprint density at radius 3 is 2.44 bits per heavy atom. The van der Waals surface area contributed by atoms with Gasteiger partial charge in [-0.3, -0.25) is 4.68 Å². The van der Waals surface area contributed by atoms with Gasteiger partial charge < -0.3 is 15.2 Å². The van der Waals surface area contributed by atoms with E-state index in [2.05, 4.69) is 29.5 Å². The van der Waals surface area contributed by atoms with Gasteiger partial charge in [0.2, 0.25) is 5.95 Å². The van der Waals surface area contributed by atoms with Crippen LogP contribution in [0.15, 0.2) is 73.7 Å². The Bertz CT molecular complexity index is 1650. The smallest absolute Gasteiger partial charge is 0.220 e. The number of piperidine rings is 1. The Labute approximate surface area is 247 Å². The zero-order chi connectivity index (χ0) is 29.8. The molecule has 1 saturated heterocycles. The van der Waals surface area contributed by atoms with Crippen LogP contribution in [0, 0.1) is 17.5 Å². The summed E-state index contributed by atoms with van der Waals surface area (Å²) in [5.41, 5.74) is 9.42. The molecule has 4 heterocycles. The van der Waals surface area contributed by atoms with Crippen molar-refractivity contribution in [3.63, 3.8) is 0 Å². The molecule has 0 spiro atoms. The fourth-order valence-electron chi connectivity index (χ4n) is 5.93. The van der Waals surface area contributed by atoms with Crippen LogP contribution < -0.4 is 5.73 Å². The third-order valence-corrected chi connectivity index (χ3v) is 8.08. The molecule has 0 saturated carbocycles. The minimum Gasteiger partial charge on any atom is -0.368 e. The molecule has 0 bridgehead atoms. The number of anilines is 1. The Kier molecular flexibility index (Phi) is 8.45. The lowest BCUT2D eigenvalue weighted by Gasteiger charge is -2.33. The van der Waals surface area contributed by atoms with Gasteiger partial charge in [0.25, 0.3) is 0 Å². The van der Waals surface area contributed by atoms with Gasteiger partial charge in [0.15, 0.2) is 0 Å². The highest BCUT2D eigenvalue weighted by Gasteiger charge is 2.26. The number of aromatic nitrogens is 7. The Balaban J connectivity index is 1.13. The van der Waals surface area contributed by atoms with Gasteiger partial charge in [-0.25, -0.2) is 33.1 Å². The predicted octanol–water partition coefficient (Wildman–Crippen LogP) is 5.50. The van der Waals surface area contributed by atoms with Gasteiger partial charge in [0.1, 0.15) is 30.1 Å². The van der Waals surface area contributed by atoms with Gasteiger partial charge in [-0.15, -0.1) is 0 Å². The van der Waals surface area contributed by atoms with E-state index in [9.17, 15) is 13.2 Å². The standard InChI is InChI=1S/C31H32F3N9/c32-23-5-3-21(4-6-23)29-30(28-9-12-37-31(35)40-28)43(20-38-29)25-10-14-41(15-11-25)13-1-2-22(17-42-19-36-18-39-42)26-8-7-24(33)16-27(26)34/h3-9,12,16,18-20,22,25H,1-2,10-11,13-15,17H2,(H2,35,37,40). The van der Waals surface area contributed by atoms with Crippen molar-refractivity contribution in [3.05, 3.63) is 96.7 Å². The number of nitrogens with zero attached hydrogens (tertiary/aromatic N) is 8. The summed E-state index contributed by atoms with van der Waals surface area (Å²) in [6.07, 6.45) is 9.91. The molecule has 9 nitrogen and oxygen atoms in total. The second-order valence-electron chi connectivity index (χ2n) is 10.9. The molecular weight excluding hydrogens is 555 g/mol. The van der Waals surface area contributed by atoms with Crippen molar-refractivity contribution in [1.82, 2.24) is 39.2 Å². The van der Waals surface area contributed by atoms with Crippen LogP contribution in [0.3, 0.4) is 0 Å². The second kappa shape index (κ2) is 12.7. The zero-order valence-electron chi connectivity index (χ0n) is 23.5. The summed E-state index contributed by atoms with van der Waals surface area (Å²) >= 11 is 0. The van der Waals surface area contributed by atoms with Crippen molar-refractivity contribution >= 4 is 5.95 Å². The molecule has 0 radical (unpaired) electrons. The van der Waals surface area contributed by atoms with Gasteiger partial charge in [-0.05, 0) is 74.2 Å². The molecule has 2 N–H and O–H groups in total. The van der Waals surface area contributed by atoms with Gasteiger partial charge in [-0.1, -0.05) is 6.07 Å². The quantitative estimate of drug-likeness (QED) is 0.230. The number of nitrogen functional groups attached to an aromatic ring is 1. The first-order valence-corrected chi connectivity index (χ1v) is 14.4. The molecule has 1 aliphatic rings. The number of nitrogens with two attached hydrogens (primary N) is 1. The van der Waals surface area contributed by atoms with Gasteiger partial charge in [0, 0.05) is 49.4 Å². The largest absolute Gasteiger partial charge is 0.368 e. The van der Waals surface area contributed by atoms with E-state index in [0.29, 0.717) is 23.5 Å². The maximum atomic E-state index is 14.7. The number of hydrogen-bond acceptors (Lipinski definition) is 7. The number of hydrogen-bond donors (Lipinski definition) is 1. The molecule has 222 valence electrons. The molecule has 0 aliphatic carbocycles. The molecule has 5 aromatic rings. The summed E-state index contributed by atoms with van der Waals surface area (Å²) in [5.74, 6) is -1.41. The summed E-state index contributed by atoms with van der Waals surface area (Å²) < 4.78 is 45.7. The highest BCUT2D eigenvalue weighted by Crippen LogP contribution is 2.36. The van der Waals surface area contributed by atoms with E-state index in [1.807, 2.05) is 12.4 Å². The van der Waals surface area contributed by atoms with Gasteiger partial charge in [0.05, 0.1) is 23.4 Å². The summed E-state index contributed by atoms with van der Waals surface area (Å²) in [6.45, 7) is 3.11. The van der Waals surface area contributed by atoms with E-state index >= 15 is 0 Å². The van der Waals surface area contributed by atoms with Crippen molar-refractivity contribution in [2.45, 2.75) is 44.2 Å². The van der Waals surface area contributed by atoms with E-state index in [-0.39, 0.29) is 23.7 Å². The number of likely N-dealkylation sites (tertiary alicyclic amines) is 1. The third-order valence-electron chi connectivity index (χ3n) is 8.08. The number of halogens is 3. The first kappa shape index (κ1) is 28.5. The van der Waals surface area contributed by atoms with Crippen LogP contribution in [0.1, 0.15) is 43.2 Å². The fourth-order valence-corrected chi connectivity index (χ4v) is 5.93. The summed E-state index contributed by atoms with van der Waals surface area (Å²) in [7, 11) is 0. The summed E-state index contributed by atoms with van der Waals surface area (Å²) in [4.78, 5) is 19.6. The molecule has 1 aliphatic heterocycles. The molecule has 3 aromatic heterocycles. The highest BCUT2D eigenvalue weighted by atomic mass is 19.1. The highest BCUT2D eigenvalue weighted by molar-refractivity contribution is 5.77. The van der Waals surface area contributed by atoms with Crippen LogP contribution in [0.5, 0.6) is 0 Å². The number of benzene rings is 2. The fraction of sp³-hybridized carbons (Fsp3) is 0.323. The second-order valence-corrected chi connectivity index (χ2v) is 10.9. The SMILES string of the molecule is Nc1nccc(-c2c(-c3ccc(F)cc3)ncn2C2CCN(CCCC(Cn3cncn3)c3ccc(F)cc3F)CC2)n1. The van der Waals surface area contributed by atoms with Crippen molar-refractivity contribution in [3.8, 4) is 22.6 Å². The zero-order valence-corrected chi connectivity index (χ0v) is 23.5. The van der Waals surface area contributed by atoms with Crippen molar-refractivity contribution < 1.29 is 13.2 Å². The minimum absolute atomic E-state index is 0.154. The molecule has 1 fully saturated rings. The average Bonchev–Trinajstić information content (AvgIpc) is 3.68. The molecule has 1 unspecified atom stereocenters. The lowest BCUT2D eigenvalue weighted by atomic mass is 9.93. The molecule has 43 heavy (non-hydrogen) atoms. The lowest BCUT2D eigenvalue weighted by molar-refractivity contribution is 0.182. The third kappa shape index (κ3) is 6.59. The lowest BCUT2D eigenvalue weighted by Crippen LogP contribution is -2.35. The van der Waals surface area contributed by atoms with Crippen LogP contribution in [0.4, 0.5) is 19.1 Å². The van der Waals surface area contributed by atoms with E-state index in [1.165, 1.54) is 30.6 Å². The number of imidazole rings is 1. The van der Waals surface area contributed by atoms with Crippen molar-refractivity contribution in [2.24, 2.45) is 0 Å².